The number of allylic oxidation sites excluding steroid dienone is 6. The van der Waals surface area contributed by atoms with Crippen LogP contribution in [0.1, 0.15) is 181 Å². The lowest BCUT2D eigenvalue weighted by molar-refractivity contribution is -0.161. The van der Waals surface area contributed by atoms with E-state index in [1.54, 1.807) is 0 Å². The van der Waals surface area contributed by atoms with Crippen molar-refractivity contribution in [1.29, 1.82) is 0 Å². The number of unbranched alkanes of at least 4 members (excludes halogenated alkanes) is 19. The van der Waals surface area contributed by atoms with Gasteiger partial charge in [0.15, 0.2) is 6.10 Å². The maximum Gasteiger partial charge on any atom is 0.306 e. The Morgan fingerprint density at radius 1 is 0.523 bits per heavy atom. The molecule has 0 saturated heterocycles. The first kappa shape index (κ1) is 42.1. The Bertz CT molecular complexity index is 711. The summed E-state index contributed by atoms with van der Waals surface area (Å²) in [5, 5.41) is 9.52. The van der Waals surface area contributed by atoms with E-state index in [1.807, 2.05) is 0 Å². The van der Waals surface area contributed by atoms with Gasteiger partial charge >= 0.3 is 11.9 Å². The van der Waals surface area contributed by atoms with E-state index in [4.69, 9.17) is 9.47 Å². The lowest BCUT2D eigenvalue weighted by atomic mass is 10.1. The summed E-state index contributed by atoms with van der Waals surface area (Å²) in [6.07, 6.45) is 42.0. The van der Waals surface area contributed by atoms with Crippen molar-refractivity contribution in [3.8, 4) is 0 Å². The molecule has 0 fully saturated rings. The van der Waals surface area contributed by atoms with Crippen LogP contribution in [0.25, 0.3) is 0 Å². The summed E-state index contributed by atoms with van der Waals surface area (Å²) in [7, 11) is 0. The van der Waals surface area contributed by atoms with Gasteiger partial charge in [0, 0.05) is 12.8 Å². The number of carbonyl (C=O) groups excluding carboxylic acids is 2. The van der Waals surface area contributed by atoms with Crippen molar-refractivity contribution in [3.05, 3.63) is 36.5 Å². The highest BCUT2D eigenvalue weighted by atomic mass is 16.6. The van der Waals surface area contributed by atoms with Crippen LogP contribution in [0.15, 0.2) is 36.5 Å². The third-order valence-electron chi connectivity index (χ3n) is 7.91. The molecule has 5 nitrogen and oxygen atoms in total. The van der Waals surface area contributed by atoms with E-state index in [9.17, 15) is 14.7 Å². The fourth-order valence-corrected chi connectivity index (χ4v) is 5.03. The van der Waals surface area contributed by atoms with Crippen LogP contribution in [-0.4, -0.2) is 36.4 Å². The summed E-state index contributed by atoms with van der Waals surface area (Å²) in [6.45, 7) is 4.07. The van der Waals surface area contributed by atoms with E-state index in [2.05, 4.69) is 50.3 Å². The average molecular weight is 619 g/mol. The van der Waals surface area contributed by atoms with E-state index < -0.39 is 6.10 Å². The first-order chi connectivity index (χ1) is 21.6. The normalized spacial score (nSPS) is 12.5. The Morgan fingerprint density at radius 3 is 1.43 bits per heavy atom. The van der Waals surface area contributed by atoms with E-state index in [0.717, 1.165) is 64.2 Å². The summed E-state index contributed by atoms with van der Waals surface area (Å²) in [4.78, 5) is 24.2. The van der Waals surface area contributed by atoms with Gasteiger partial charge in [-0.2, -0.15) is 0 Å². The zero-order valence-corrected chi connectivity index (χ0v) is 28.9. The number of carbonyl (C=O) groups is 2. The average Bonchev–Trinajstić information content (AvgIpc) is 3.02. The fraction of sp³-hybridized carbons (Fsp3) is 0.795. The van der Waals surface area contributed by atoms with Crippen molar-refractivity contribution in [1.82, 2.24) is 0 Å². The van der Waals surface area contributed by atoms with Crippen molar-refractivity contribution >= 4 is 11.9 Å². The standard InChI is InChI=1S/C39H70O5/c1-3-5-7-9-11-13-15-17-19-20-22-23-25-27-29-31-33-38(41)43-36-37(35-40)44-39(42)34-32-30-28-26-24-21-18-16-14-12-10-8-6-4-2/h10,12,16,18-20,37,40H,3-9,11,13-15,17,21-36H2,1-2H3/b12-10-,18-16-,20-19-/t37-/m0/s1. The highest BCUT2D eigenvalue weighted by Crippen LogP contribution is 2.12. The summed E-state index contributed by atoms with van der Waals surface area (Å²) in [5.74, 6) is -0.617. The van der Waals surface area contributed by atoms with Gasteiger partial charge in [-0.25, -0.2) is 0 Å². The van der Waals surface area contributed by atoms with Gasteiger partial charge in [-0.05, 0) is 64.2 Å². The zero-order valence-electron chi connectivity index (χ0n) is 28.9. The predicted molar refractivity (Wildman–Crippen MR) is 187 cm³/mol. The maximum atomic E-state index is 12.1. The highest BCUT2D eigenvalue weighted by Gasteiger charge is 2.16. The summed E-state index contributed by atoms with van der Waals surface area (Å²) < 4.78 is 10.6. The number of ether oxygens (including phenoxy) is 2. The van der Waals surface area contributed by atoms with E-state index in [0.29, 0.717) is 12.8 Å². The zero-order chi connectivity index (χ0) is 32.2. The predicted octanol–water partition coefficient (Wildman–Crippen LogP) is 11.3. The molecule has 0 spiro atoms. The van der Waals surface area contributed by atoms with Crippen LogP contribution in [0, 0.1) is 0 Å². The van der Waals surface area contributed by atoms with Crippen molar-refractivity contribution in [2.45, 2.75) is 187 Å². The summed E-state index contributed by atoms with van der Waals surface area (Å²) in [6, 6.07) is 0. The van der Waals surface area contributed by atoms with Gasteiger partial charge in [-0.15, -0.1) is 0 Å². The van der Waals surface area contributed by atoms with Crippen LogP contribution in [-0.2, 0) is 19.1 Å². The Kier molecular flexibility index (Phi) is 34.1. The molecule has 0 aliphatic heterocycles. The van der Waals surface area contributed by atoms with Crippen LogP contribution < -0.4 is 0 Å². The van der Waals surface area contributed by atoms with Crippen LogP contribution in [0.3, 0.4) is 0 Å². The largest absolute Gasteiger partial charge is 0.462 e. The highest BCUT2D eigenvalue weighted by molar-refractivity contribution is 5.70. The number of aliphatic hydroxyl groups is 1. The molecule has 0 rings (SSSR count). The SMILES string of the molecule is CCCC/C=C\C/C=C\CCCCCCCC(=O)O[C@@H](CO)COC(=O)CCCCCCC/C=C\CCCCCCCCC. The van der Waals surface area contributed by atoms with E-state index in [-0.39, 0.29) is 25.2 Å². The van der Waals surface area contributed by atoms with Gasteiger partial charge in [-0.3, -0.25) is 9.59 Å². The molecule has 44 heavy (non-hydrogen) atoms. The van der Waals surface area contributed by atoms with Crippen LogP contribution in [0.5, 0.6) is 0 Å². The Balaban J connectivity index is 3.60. The first-order valence-corrected chi connectivity index (χ1v) is 18.5. The summed E-state index contributed by atoms with van der Waals surface area (Å²) in [5.41, 5.74) is 0. The molecule has 0 aliphatic rings. The van der Waals surface area contributed by atoms with Crippen LogP contribution >= 0.6 is 0 Å². The van der Waals surface area contributed by atoms with Crippen LogP contribution in [0.2, 0.25) is 0 Å². The van der Waals surface area contributed by atoms with Crippen molar-refractivity contribution in [2.24, 2.45) is 0 Å². The monoisotopic (exact) mass is 619 g/mol. The quantitative estimate of drug-likeness (QED) is 0.0450. The number of hydrogen-bond acceptors (Lipinski definition) is 5. The molecule has 0 bridgehead atoms. The number of esters is 2. The van der Waals surface area contributed by atoms with E-state index in [1.165, 1.54) is 89.9 Å². The van der Waals surface area contributed by atoms with Crippen molar-refractivity contribution in [3.63, 3.8) is 0 Å². The minimum atomic E-state index is -0.779. The molecular formula is C39H70O5. The molecule has 0 radical (unpaired) electrons. The molecule has 0 aliphatic carbocycles. The molecule has 0 saturated carbocycles. The third-order valence-corrected chi connectivity index (χ3v) is 7.91. The molecule has 5 heteroatoms. The summed E-state index contributed by atoms with van der Waals surface area (Å²) >= 11 is 0. The van der Waals surface area contributed by atoms with Crippen molar-refractivity contribution in [2.75, 3.05) is 13.2 Å². The molecule has 0 aromatic heterocycles. The molecule has 0 aromatic carbocycles. The molecule has 256 valence electrons. The Labute approximate surface area is 272 Å². The molecule has 0 unspecified atom stereocenters. The first-order valence-electron chi connectivity index (χ1n) is 18.5. The third kappa shape index (κ3) is 33.0. The molecule has 0 aromatic rings. The van der Waals surface area contributed by atoms with Gasteiger partial charge in [0.25, 0.3) is 0 Å². The molecule has 0 heterocycles. The van der Waals surface area contributed by atoms with E-state index >= 15 is 0 Å². The molecule has 1 atom stereocenters. The van der Waals surface area contributed by atoms with Gasteiger partial charge < -0.3 is 14.6 Å². The smallest absolute Gasteiger partial charge is 0.306 e. The lowest BCUT2D eigenvalue weighted by Crippen LogP contribution is -2.28. The second-order valence-corrected chi connectivity index (χ2v) is 12.3. The Morgan fingerprint density at radius 2 is 0.932 bits per heavy atom. The number of hydrogen-bond donors (Lipinski definition) is 1. The second-order valence-electron chi connectivity index (χ2n) is 12.3. The molecule has 0 amide bonds. The fourth-order valence-electron chi connectivity index (χ4n) is 5.03. The molecular weight excluding hydrogens is 548 g/mol. The molecule has 1 N–H and O–H groups in total. The Hall–Kier alpha value is -1.88. The maximum absolute atomic E-state index is 12.1. The van der Waals surface area contributed by atoms with Crippen LogP contribution in [0.4, 0.5) is 0 Å². The lowest BCUT2D eigenvalue weighted by Gasteiger charge is -2.15. The van der Waals surface area contributed by atoms with Crippen molar-refractivity contribution < 1.29 is 24.2 Å². The topological polar surface area (TPSA) is 72.8 Å². The number of aliphatic hydroxyl groups excluding tert-OH is 1. The minimum absolute atomic E-state index is 0.0751. The minimum Gasteiger partial charge on any atom is -0.462 e. The van der Waals surface area contributed by atoms with Gasteiger partial charge in [-0.1, -0.05) is 140 Å². The second kappa shape index (κ2) is 35.6. The van der Waals surface area contributed by atoms with Gasteiger partial charge in [0.2, 0.25) is 0 Å². The van der Waals surface area contributed by atoms with Gasteiger partial charge in [0.05, 0.1) is 6.61 Å². The van der Waals surface area contributed by atoms with Gasteiger partial charge in [0.1, 0.15) is 6.61 Å². The number of rotatable bonds is 33.